The molecule has 1 unspecified atom stereocenters. The summed E-state index contributed by atoms with van der Waals surface area (Å²) in [6.07, 6.45) is 3.55. The van der Waals surface area contributed by atoms with E-state index >= 15 is 0 Å². The van der Waals surface area contributed by atoms with Gasteiger partial charge in [-0.25, -0.2) is 4.98 Å². The molecule has 0 aliphatic heterocycles. The van der Waals surface area contributed by atoms with Crippen LogP contribution in [0.2, 0.25) is 0 Å². The molecule has 6 heteroatoms. The van der Waals surface area contributed by atoms with E-state index in [2.05, 4.69) is 10.3 Å². The van der Waals surface area contributed by atoms with Crippen molar-refractivity contribution in [1.29, 1.82) is 0 Å². The maximum atomic E-state index is 13.2. The van der Waals surface area contributed by atoms with E-state index in [0.29, 0.717) is 28.6 Å². The number of nitrogens with zero attached hydrogens (tertiary/aromatic N) is 2. The van der Waals surface area contributed by atoms with Gasteiger partial charge < -0.3 is 19.4 Å². The van der Waals surface area contributed by atoms with E-state index in [-0.39, 0.29) is 5.91 Å². The molecule has 4 rings (SSSR count). The van der Waals surface area contributed by atoms with Gasteiger partial charge in [0.05, 0.1) is 7.11 Å². The van der Waals surface area contributed by atoms with Crippen molar-refractivity contribution in [3.8, 4) is 17.2 Å². The Hall–Kier alpha value is -4.06. The third-order valence-electron chi connectivity index (χ3n) is 4.92. The molecule has 1 N–H and O–H groups in total. The van der Waals surface area contributed by atoms with Gasteiger partial charge in [0, 0.05) is 30.6 Å². The second-order valence-electron chi connectivity index (χ2n) is 6.99. The summed E-state index contributed by atoms with van der Waals surface area (Å²) in [5.74, 6) is 2.44. The van der Waals surface area contributed by atoms with Crippen LogP contribution in [0.3, 0.4) is 0 Å². The number of rotatable bonds is 7. The molecule has 0 spiro atoms. The Labute approximate surface area is 181 Å². The zero-order valence-corrected chi connectivity index (χ0v) is 17.4. The van der Waals surface area contributed by atoms with Crippen molar-refractivity contribution in [2.24, 2.45) is 7.05 Å². The number of ether oxygens (including phenoxy) is 2. The van der Waals surface area contributed by atoms with Crippen LogP contribution in [0.15, 0.2) is 91.3 Å². The van der Waals surface area contributed by atoms with E-state index < -0.39 is 6.04 Å². The van der Waals surface area contributed by atoms with Crippen molar-refractivity contribution < 1.29 is 14.3 Å². The first-order chi connectivity index (χ1) is 15.2. The number of imidazole rings is 1. The highest BCUT2D eigenvalue weighted by molar-refractivity contribution is 5.95. The smallest absolute Gasteiger partial charge is 0.252 e. The fourth-order valence-corrected chi connectivity index (χ4v) is 3.38. The van der Waals surface area contributed by atoms with Crippen molar-refractivity contribution in [1.82, 2.24) is 14.9 Å². The van der Waals surface area contributed by atoms with Crippen LogP contribution in [0, 0.1) is 0 Å². The maximum Gasteiger partial charge on any atom is 0.252 e. The van der Waals surface area contributed by atoms with Gasteiger partial charge in [-0.15, -0.1) is 0 Å². The normalized spacial score (nSPS) is 11.5. The fraction of sp³-hybridized carbons (Fsp3) is 0.120. The lowest BCUT2D eigenvalue weighted by atomic mass is 10.0. The minimum Gasteiger partial charge on any atom is -0.496 e. The maximum absolute atomic E-state index is 13.2. The van der Waals surface area contributed by atoms with E-state index in [1.165, 1.54) is 0 Å². The molecular formula is C25H23N3O3. The molecule has 1 atom stereocenters. The quantitative estimate of drug-likeness (QED) is 0.475. The third kappa shape index (κ3) is 4.59. The molecule has 4 aromatic rings. The molecule has 1 aromatic heterocycles. The van der Waals surface area contributed by atoms with Gasteiger partial charge in [0.1, 0.15) is 29.1 Å². The number of methoxy groups -OCH3 is 1. The molecular weight excluding hydrogens is 390 g/mol. The highest BCUT2D eigenvalue weighted by atomic mass is 16.5. The summed E-state index contributed by atoms with van der Waals surface area (Å²) in [5.41, 5.74) is 1.31. The number of carbonyl (C=O) groups is 1. The lowest BCUT2D eigenvalue weighted by molar-refractivity contribution is 0.0940. The number of aromatic nitrogens is 2. The van der Waals surface area contributed by atoms with Crippen LogP contribution in [0.5, 0.6) is 17.2 Å². The molecule has 0 aliphatic rings. The minimum atomic E-state index is -0.484. The van der Waals surface area contributed by atoms with Crippen molar-refractivity contribution in [2.75, 3.05) is 7.11 Å². The highest BCUT2D eigenvalue weighted by Gasteiger charge is 2.24. The minimum absolute atomic E-state index is 0.239. The van der Waals surface area contributed by atoms with Gasteiger partial charge in [-0.3, -0.25) is 4.79 Å². The summed E-state index contributed by atoms with van der Waals surface area (Å²) < 4.78 is 13.3. The molecule has 31 heavy (non-hydrogen) atoms. The van der Waals surface area contributed by atoms with Gasteiger partial charge in [0.15, 0.2) is 0 Å². The monoisotopic (exact) mass is 413 g/mol. The van der Waals surface area contributed by atoms with Crippen molar-refractivity contribution >= 4 is 5.91 Å². The molecule has 0 bridgehead atoms. The SMILES string of the molecule is COc1ccccc1C(NC(=O)c1cccc(Oc2ccccc2)c1)c1nccn1C. The largest absolute Gasteiger partial charge is 0.496 e. The van der Waals surface area contributed by atoms with E-state index in [0.717, 1.165) is 5.56 Å². The van der Waals surface area contributed by atoms with E-state index in [4.69, 9.17) is 9.47 Å². The van der Waals surface area contributed by atoms with Crippen LogP contribution < -0.4 is 14.8 Å². The summed E-state index contributed by atoms with van der Waals surface area (Å²) in [5, 5.41) is 3.10. The molecule has 1 heterocycles. The number of nitrogens with one attached hydrogen (secondary N) is 1. The highest BCUT2D eigenvalue weighted by Crippen LogP contribution is 2.29. The van der Waals surface area contributed by atoms with Gasteiger partial charge >= 0.3 is 0 Å². The molecule has 0 fully saturated rings. The average Bonchev–Trinajstić information content (AvgIpc) is 3.23. The molecule has 0 saturated heterocycles. The Kier molecular flexibility index (Phi) is 5.98. The Morgan fingerprint density at radius 1 is 0.968 bits per heavy atom. The molecule has 6 nitrogen and oxygen atoms in total. The van der Waals surface area contributed by atoms with Gasteiger partial charge in [0.2, 0.25) is 0 Å². The molecule has 0 radical (unpaired) electrons. The standard InChI is InChI=1S/C25H23N3O3/c1-28-16-15-26-24(28)23(21-13-6-7-14-22(21)30-2)27-25(29)18-9-8-12-20(17-18)31-19-10-4-3-5-11-19/h3-17,23H,1-2H3,(H,27,29). The van der Waals surface area contributed by atoms with Gasteiger partial charge in [0.25, 0.3) is 5.91 Å². The Balaban J connectivity index is 1.63. The van der Waals surface area contributed by atoms with Crippen molar-refractivity contribution in [3.63, 3.8) is 0 Å². The molecule has 156 valence electrons. The number of carbonyl (C=O) groups excluding carboxylic acids is 1. The lowest BCUT2D eigenvalue weighted by Crippen LogP contribution is -2.31. The zero-order valence-electron chi connectivity index (χ0n) is 17.4. The molecule has 3 aromatic carbocycles. The average molecular weight is 413 g/mol. The molecule has 0 saturated carbocycles. The first-order valence-electron chi connectivity index (χ1n) is 9.89. The summed E-state index contributed by atoms with van der Waals surface area (Å²) >= 11 is 0. The number of aryl methyl sites for hydroxylation is 1. The van der Waals surface area contributed by atoms with Crippen LogP contribution in [0.4, 0.5) is 0 Å². The first-order valence-corrected chi connectivity index (χ1v) is 9.89. The summed E-state index contributed by atoms with van der Waals surface area (Å²) in [7, 11) is 3.51. The topological polar surface area (TPSA) is 65.4 Å². The molecule has 0 aliphatic carbocycles. The van der Waals surface area contributed by atoms with E-state index in [1.54, 1.807) is 31.5 Å². The predicted molar refractivity (Wildman–Crippen MR) is 118 cm³/mol. The third-order valence-corrected chi connectivity index (χ3v) is 4.92. The number of benzene rings is 3. The fourth-order valence-electron chi connectivity index (χ4n) is 3.38. The first kappa shape index (κ1) is 20.2. The number of para-hydroxylation sites is 2. The van der Waals surface area contributed by atoms with Crippen LogP contribution in [-0.2, 0) is 7.05 Å². The molecule has 1 amide bonds. The van der Waals surface area contributed by atoms with Crippen LogP contribution >= 0.6 is 0 Å². The van der Waals surface area contributed by atoms with Gasteiger partial charge in [-0.2, -0.15) is 0 Å². The lowest BCUT2D eigenvalue weighted by Gasteiger charge is -2.21. The van der Waals surface area contributed by atoms with Crippen molar-refractivity contribution in [3.05, 3.63) is 108 Å². The Bertz CT molecular complexity index is 1170. The number of amides is 1. The van der Waals surface area contributed by atoms with Crippen molar-refractivity contribution in [2.45, 2.75) is 6.04 Å². The number of hydrogen-bond acceptors (Lipinski definition) is 4. The second kappa shape index (κ2) is 9.17. The van der Waals surface area contributed by atoms with Crippen LogP contribution in [0.25, 0.3) is 0 Å². The summed E-state index contributed by atoms with van der Waals surface area (Å²) in [6, 6.07) is 23.7. The van der Waals surface area contributed by atoms with E-state index in [9.17, 15) is 4.79 Å². The van der Waals surface area contributed by atoms with E-state index in [1.807, 2.05) is 78.5 Å². The Morgan fingerprint density at radius 2 is 1.71 bits per heavy atom. The second-order valence-corrected chi connectivity index (χ2v) is 6.99. The zero-order chi connectivity index (χ0) is 21.6. The van der Waals surface area contributed by atoms with Crippen LogP contribution in [0.1, 0.15) is 27.8 Å². The summed E-state index contributed by atoms with van der Waals surface area (Å²) in [4.78, 5) is 17.7. The number of hydrogen-bond donors (Lipinski definition) is 1. The van der Waals surface area contributed by atoms with Crippen LogP contribution in [-0.4, -0.2) is 22.6 Å². The van der Waals surface area contributed by atoms with Gasteiger partial charge in [-0.1, -0.05) is 42.5 Å². The predicted octanol–water partition coefficient (Wildman–Crippen LogP) is 4.74. The Morgan fingerprint density at radius 3 is 2.45 bits per heavy atom. The summed E-state index contributed by atoms with van der Waals surface area (Å²) in [6.45, 7) is 0. The van der Waals surface area contributed by atoms with Gasteiger partial charge in [-0.05, 0) is 36.4 Å².